The van der Waals surface area contributed by atoms with Crippen LogP contribution in [0.25, 0.3) is 0 Å². The molecule has 1 N–H and O–H groups in total. The average molecular weight is 257 g/mol. The first-order valence-electron chi connectivity index (χ1n) is 6.82. The topological polar surface area (TPSA) is 49.8 Å². The Morgan fingerprint density at radius 1 is 1.50 bits per heavy atom. The third kappa shape index (κ3) is 4.67. The van der Waals surface area contributed by atoms with Crippen LogP contribution in [0.2, 0.25) is 0 Å². The highest BCUT2D eigenvalue weighted by atomic mass is 16.5. The number of methoxy groups -OCH3 is 1. The van der Waals surface area contributed by atoms with Gasteiger partial charge < -0.3 is 14.7 Å². The summed E-state index contributed by atoms with van der Waals surface area (Å²) in [5, 5.41) is 9.67. The number of Topliss-reactive ketones (excluding diaryl/α,β-unsaturated/α-hetero) is 1. The van der Waals surface area contributed by atoms with E-state index in [1.165, 1.54) is 0 Å². The molecule has 0 aromatic rings. The third-order valence-corrected chi connectivity index (χ3v) is 3.81. The maximum Gasteiger partial charge on any atom is 0.137 e. The number of hydrogen-bond donors (Lipinski definition) is 1. The van der Waals surface area contributed by atoms with Gasteiger partial charge in [0, 0.05) is 32.5 Å². The molecule has 1 fully saturated rings. The summed E-state index contributed by atoms with van der Waals surface area (Å²) in [7, 11) is 3.54. The van der Waals surface area contributed by atoms with E-state index in [0.717, 1.165) is 13.0 Å². The summed E-state index contributed by atoms with van der Waals surface area (Å²) in [6.07, 6.45) is 1.36. The number of ketones is 1. The first kappa shape index (κ1) is 15.6. The lowest BCUT2D eigenvalue weighted by Gasteiger charge is -2.34. The number of aliphatic hydroxyl groups is 1. The van der Waals surface area contributed by atoms with E-state index in [9.17, 15) is 9.90 Å². The van der Waals surface area contributed by atoms with E-state index >= 15 is 0 Å². The Morgan fingerprint density at radius 2 is 2.17 bits per heavy atom. The van der Waals surface area contributed by atoms with Crippen molar-refractivity contribution >= 4 is 5.78 Å². The predicted octanol–water partition coefficient (Wildman–Crippen LogP) is 1.18. The number of carbonyl (C=O) groups excluding carboxylic acids is 1. The molecule has 0 spiro atoms. The molecule has 0 bridgehead atoms. The summed E-state index contributed by atoms with van der Waals surface area (Å²) in [5.74, 6) is 1.48. The zero-order valence-corrected chi connectivity index (χ0v) is 12.1. The van der Waals surface area contributed by atoms with Crippen LogP contribution in [0.5, 0.6) is 0 Å². The van der Waals surface area contributed by atoms with Crippen molar-refractivity contribution in [3.8, 4) is 0 Å². The highest BCUT2D eigenvalue weighted by Gasteiger charge is 2.33. The Labute approximate surface area is 110 Å². The molecule has 4 nitrogen and oxygen atoms in total. The molecule has 1 aliphatic rings. The number of nitrogens with zero attached hydrogens (tertiary/aromatic N) is 1. The minimum Gasteiger partial charge on any atom is -0.389 e. The molecule has 0 aromatic carbocycles. The van der Waals surface area contributed by atoms with Crippen molar-refractivity contribution in [2.24, 2.45) is 17.8 Å². The van der Waals surface area contributed by atoms with Gasteiger partial charge in [-0.05, 0) is 25.3 Å². The standard InChI is InChI=1S/C14H27NO3/c1-10-5-11(2)13(14(17)6-10)8-15(3)7-12(16)9-18-4/h10-13,16H,5-9H2,1-4H3. The molecule has 4 heteroatoms. The van der Waals surface area contributed by atoms with E-state index in [-0.39, 0.29) is 5.92 Å². The number of hydrogen-bond acceptors (Lipinski definition) is 4. The van der Waals surface area contributed by atoms with Crippen molar-refractivity contribution in [1.29, 1.82) is 0 Å². The van der Waals surface area contributed by atoms with Gasteiger partial charge in [-0.1, -0.05) is 13.8 Å². The highest BCUT2D eigenvalue weighted by Crippen LogP contribution is 2.31. The van der Waals surface area contributed by atoms with Crippen molar-refractivity contribution in [2.45, 2.75) is 32.8 Å². The number of ether oxygens (including phenoxy) is 1. The van der Waals surface area contributed by atoms with Crippen molar-refractivity contribution in [2.75, 3.05) is 33.9 Å². The number of likely N-dealkylation sites (N-methyl/N-ethyl adjacent to an activating group) is 1. The monoisotopic (exact) mass is 257 g/mol. The number of rotatable bonds is 6. The molecule has 0 heterocycles. The zero-order valence-electron chi connectivity index (χ0n) is 12.1. The van der Waals surface area contributed by atoms with E-state index < -0.39 is 6.10 Å². The Bertz CT molecular complexity index is 270. The molecule has 106 valence electrons. The lowest BCUT2D eigenvalue weighted by atomic mass is 9.74. The van der Waals surface area contributed by atoms with Crippen molar-refractivity contribution in [3.05, 3.63) is 0 Å². The van der Waals surface area contributed by atoms with E-state index in [4.69, 9.17) is 4.74 Å². The highest BCUT2D eigenvalue weighted by molar-refractivity contribution is 5.82. The molecule has 18 heavy (non-hydrogen) atoms. The van der Waals surface area contributed by atoms with Crippen molar-refractivity contribution in [3.63, 3.8) is 0 Å². The largest absolute Gasteiger partial charge is 0.389 e. The third-order valence-electron chi connectivity index (χ3n) is 3.81. The molecule has 1 saturated carbocycles. The molecule has 0 radical (unpaired) electrons. The van der Waals surface area contributed by atoms with Crippen LogP contribution < -0.4 is 0 Å². The van der Waals surface area contributed by atoms with Crippen LogP contribution in [0.4, 0.5) is 0 Å². The minimum absolute atomic E-state index is 0.126. The molecule has 4 atom stereocenters. The predicted molar refractivity (Wildman–Crippen MR) is 71.4 cm³/mol. The number of aliphatic hydroxyl groups excluding tert-OH is 1. The normalized spacial score (nSPS) is 30.8. The quantitative estimate of drug-likeness (QED) is 0.776. The van der Waals surface area contributed by atoms with Crippen molar-refractivity contribution in [1.82, 2.24) is 4.90 Å². The van der Waals surface area contributed by atoms with E-state index in [1.54, 1.807) is 7.11 Å². The summed E-state index contributed by atoms with van der Waals surface area (Å²) >= 11 is 0. The van der Waals surface area contributed by atoms with Crippen LogP contribution in [-0.2, 0) is 9.53 Å². The lowest BCUT2D eigenvalue weighted by molar-refractivity contribution is -0.128. The summed E-state index contributed by atoms with van der Waals surface area (Å²) in [6.45, 7) is 5.96. The van der Waals surface area contributed by atoms with Gasteiger partial charge in [-0.2, -0.15) is 0 Å². The second-order valence-corrected chi connectivity index (χ2v) is 5.93. The molecular formula is C14H27NO3. The summed E-state index contributed by atoms with van der Waals surface area (Å²) in [6, 6.07) is 0. The van der Waals surface area contributed by atoms with Gasteiger partial charge in [-0.25, -0.2) is 0 Å². The smallest absolute Gasteiger partial charge is 0.137 e. The van der Waals surface area contributed by atoms with Gasteiger partial charge in [0.2, 0.25) is 0 Å². The summed E-state index contributed by atoms with van der Waals surface area (Å²) in [4.78, 5) is 14.1. The molecule has 4 unspecified atom stereocenters. The summed E-state index contributed by atoms with van der Waals surface area (Å²) in [5.41, 5.74) is 0. The van der Waals surface area contributed by atoms with Crippen LogP contribution in [0.1, 0.15) is 26.7 Å². The van der Waals surface area contributed by atoms with Gasteiger partial charge in [0.15, 0.2) is 0 Å². The molecule has 0 saturated heterocycles. The van der Waals surface area contributed by atoms with Gasteiger partial charge in [0.25, 0.3) is 0 Å². The van der Waals surface area contributed by atoms with Gasteiger partial charge in [-0.3, -0.25) is 4.79 Å². The SMILES string of the molecule is COCC(O)CN(C)CC1C(=O)CC(C)CC1C. The van der Waals surface area contributed by atoms with Crippen LogP contribution in [0.15, 0.2) is 0 Å². The maximum absolute atomic E-state index is 12.0. The first-order chi connectivity index (χ1) is 8.43. The molecule has 1 rings (SSSR count). The Hall–Kier alpha value is -0.450. The Morgan fingerprint density at radius 3 is 2.72 bits per heavy atom. The number of carbonyl (C=O) groups is 1. The molecule has 0 amide bonds. The van der Waals surface area contributed by atoms with E-state index in [0.29, 0.717) is 37.2 Å². The van der Waals surface area contributed by atoms with Gasteiger partial charge in [0.1, 0.15) is 5.78 Å². The van der Waals surface area contributed by atoms with Gasteiger partial charge in [0.05, 0.1) is 12.7 Å². The second-order valence-electron chi connectivity index (χ2n) is 5.93. The minimum atomic E-state index is -0.479. The van der Waals surface area contributed by atoms with Crippen LogP contribution in [-0.4, -0.2) is 55.7 Å². The first-order valence-corrected chi connectivity index (χ1v) is 6.82. The Balaban J connectivity index is 2.43. The van der Waals surface area contributed by atoms with Gasteiger partial charge in [-0.15, -0.1) is 0 Å². The zero-order chi connectivity index (χ0) is 13.7. The van der Waals surface area contributed by atoms with Crippen LogP contribution in [0, 0.1) is 17.8 Å². The van der Waals surface area contributed by atoms with Crippen LogP contribution >= 0.6 is 0 Å². The van der Waals surface area contributed by atoms with E-state index in [2.05, 4.69) is 13.8 Å². The maximum atomic E-state index is 12.0. The Kier molecular flexibility index (Phi) is 6.26. The molecule has 0 aromatic heterocycles. The fourth-order valence-corrected chi connectivity index (χ4v) is 2.99. The van der Waals surface area contributed by atoms with Crippen molar-refractivity contribution < 1.29 is 14.6 Å². The molecule has 1 aliphatic carbocycles. The van der Waals surface area contributed by atoms with Crippen LogP contribution in [0.3, 0.4) is 0 Å². The lowest BCUT2D eigenvalue weighted by Crippen LogP contribution is -2.41. The van der Waals surface area contributed by atoms with Gasteiger partial charge >= 0.3 is 0 Å². The average Bonchev–Trinajstić information content (AvgIpc) is 2.23. The molecule has 0 aliphatic heterocycles. The van der Waals surface area contributed by atoms with E-state index in [1.807, 2.05) is 11.9 Å². The molecular weight excluding hydrogens is 230 g/mol. The fourth-order valence-electron chi connectivity index (χ4n) is 2.99. The fraction of sp³-hybridized carbons (Fsp3) is 0.929. The summed E-state index contributed by atoms with van der Waals surface area (Å²) < 4.78 is 4.91. The second kappa shape index (κ2) is 7.22.